The summed E-state index contributed by atoms with van der Waals surface area (Å²) < 4.78 is 8.80. The number of aromatic hydroxyl groups is 2. The molecule has 23 rings (SSSR count). The van der Waals surface area contributed by atoms with E-state index in [1.54, 1.807) is 22.7 Å². The fraction of sp³-hybridized carbons (Fsp3) is 0.286. The van der Waals surface area contributed by atoms with Gasteiger partial charge in [-0.1, -0.05) is 350 Å². The first-order chi connectivity index (χ1) is 68.3. The molecule has 14 nitrogen and oxygen atoms in total. The molecule has 0 amide bonds. The first kappa shape index (κ1) is 105. The summed E-state index contributed by atoms with van der Waals surface area (Å²) in [4.78, 5) is 49.0. The predicted octanol–water partition coefficient (Wildman–Crippen LogP) is 30.2. The number of benzene rings is 10. The van der Waals surface area contributed by atoms with Gasteiger partial charge in [0.2, 0.25) is 0 Å². The molecule has 0 atom stereocenters. The van der Waals surface area contributed by atoms with Crippen LogP contribution in [0.3, 0.4) is 0 Å². The third kappa shape index (κ3) is 17.3. The van der Waals surface area contributed by atoms with Gasteiger partial charge in [-0.15, -0.1) is 55.2 Å². The van der Waals surface area contributed by atoms with Crippen LogP contribution in [-0.2, 0) is 124 Å². The maximum Gasteiger partial charge on any atom is 2.00 e. The Hall–Kier alpha value is -11.7. The number of aromatic nitrogens is 12. The number of hydrogen-bond donors (Lipinski definition) is 2. The number of rotatable bonds is 6. The van der Waals surface area contributed by atoms with E-state index in [1.807, 2.05) is 95.5 Å². The Labute approximate surface area is 920 Å². The van der Waals surface area contributed by atoms with E-state index in [-0.39, 0.29) is 92.4 Å². The van der Waals surface area contributed by atoms with Crippen molar-refractivity contribution in [2.24, 2.45) is 0 Å². The van der Waals surface area contributed by atoms with Crippen LogP contribution >= 0.6 is 45.3 Å². The molecule has 755 valence electrons. The van der Waals surface area contributed by atoms with Crippen LogP contribution in [0.5, 0.6) is 11.5 Å². The fourth-order valence-electron chi connectivity index (χ4n) is 21.7. The summed E-state index contributed by atoms with van der Waals surface area (Å²) in [7, 11) is 0. The van der Waals surface area contributed by atoms with Crippen molar-refractivity contribution < 1.29 is 69.4 Å². The van der Waals surface area contributed by atoms with E-state index in [4.69, 9.17) is 39.9 Å². The normalized spacial score (nSPS) is 17.0. The van der Waals surface area contributed by atoms with Crippen LogP contribution in [0.15, 0.2) is 302 Å². The first-order valence-corrected chi connectivity index (χ1v) is 53.3. The zero-order valence-electron chi connectivity index (χ0n) is 87.7. The van der Waals surface area contributed by atoms with Crippen molar-refractivity contribution in [3.05, 3.63) is 448 Å². The largest absolute Gasteiger partial charge is 2.00 e. The van der Waals surface area contributed by atoms with Gasteiger partial charge in [-0.25, -0.2) is 42.0 Å². The molecule has 147 heavy (non-hydrogen) atoms. The van der Waals surface area contributed by atoms with Gasteiger partial charge >= 0.3 is 38.1 Å². The van der Waals surface area contributed by atoms with E-state index < -0.39 is 43.3 Å². The maximum atomic E-state index is 12.3. The molecule has 0 saturated carbocycles. The van der Waals surface area contributed by atoms with Gasteiger partial charge in [-0.2, -0.15) is 11.1 Å². The van der Waals surface area contributed by atoms with Crippen molar-refractivity contribution in [3.8, 4) is 55.1 Å². The number of imidazole rings is 4. The number of phenols is 2. The van der Waals surface area contributed by atoms with Crippen LogP contribution in [0.4, 0.5) is 0 Å². The van der Waals surface area contributed by atoms with Gasteiger partial charge in [0.1, 0.15) is 44.8 Å². The second-order valence-electron chi connectivity index (χ2n) is 45.6. The van der Waals surface area contributed by atoms with Crippen molar-refractivity contribution >= 4 is 66.9 Å². The molecule has 0 saturated heterocycles. The molecule has 3 aliphatic rings. The third-order valence-corrected chi connectivity index (χ3v) is 36.6. The van der Waals surface area contributed by atoms with Gasteiger partial charge in [0.05, 0.1) is 45.0 Å². The summed E-state index contributed by atoms with van der Waals surface area (Å²) in [5, 5.41) is 35.8. The fourth-order valence-corrected chi connectivity index (χ4v) is 26.9. The van der Waals surface area contributed by atoms with Gasteiger partial charge in [0.15, 0.2) is 0 Å². The number of phenolic OH excluding ortho intramolecular Hbond substituents is 2. The van der Waals surface area contributed by atoms with Crippen LogP contribution in [-0.4, -0.2) is 58.4 Å². The first-order valence-electron chi connectivity index (χ1n) is 49.9. The summed E-state index contributed by atoms with van der Waals surface area (Å²) in [5.74, 6) is 3.94. The molecule has 10 aromatic carbocycles. The van der Waals surface area contributed by atoms with E-state index >= 15 is 0 Å². The Bertz CT molecular complexity index is 7810. The van der Waals surface area contributed by atoms with Gasteiger partial charge in [-0.3, -0.25) is 22.7 Å². The molecule has 21 heteroatoms. The zero-order valence-corrected chi connectivity index (χ0v) is 96.4. The molecular formula is C126H124CuN12O2Pt2S4. The number of thiophene rings is 2. The minimum Gasteiger partial charge on any atom is -0.662 e. The molecule has 20 aromatic rings. The monoisotopic (exact) mass is 2420 g/mol. The summed E-state index contributed by atoms with van der Waals surface area (Å²) >= 11 is 7.23. The van der Waals surface area contributed by atoms with Crippen molar-refractivity contribution in [2.45, 2.75) is 231 Å². The summed E-state index contributed by atoms with van der Waals surface area (Å²) in [6, 6.07) is 100. The quantitative estimate of drug-likeness (QED) is 0.121. The molecule has 0 spiro atoms. The predicted molar refractivity (Wildman–Crippen MR) is 592 cm³/mol. The second kappa shape index (κ2) is 38.1. The Morgan fingerprint density at radius 2 is 0.497 bits per heavy atom. The number of fused-ring (bicyclic) bond motifs is 30. The van der Waals surface area contributed by atoms with Gasteiger partial charge < -0.3 is 38.4 Å². The second-order valence-corrected chi connectivity index (χ2v) is 49.3. The minimum absolute atomic E-state index is 0. The Balaban J connectivity index is 0.000000143. The van der Waals surface area contributed by atoms with Crippen molar-refractivity contribution in [1.29, 1.82) is 0 Å². The molecular weight excluding hydrogens is 2300 g/mol. The maximum absolute atomic E-state index is 12.3. The Morgan fingerprint density at radius 1 is 0.259 bits per heavy atom. The topological polar surface area (TPSA) is 166 Å². The van der Waals surface area contributed by atoms with E-state index in [2.05, 4.69) is 426 Å². The number of nitrogens with zero attached hydrogens (tertiary/aromatic N) is 12. The van der Waals surface area contributed by atoms with Gasteiger partial charge in [0, 0.05) is 156 Å². The van der Waals surface area contributed by atoms with Gasteiger partial charge in [0.25, 0.3) is 0 Å². The SMILES string of the molecule is CC1(C)c2[c-]c(c(-c3ccccc3)s2)C(C)(C)c2csc(n2)C(C)(C)c2[c-]c(c(-c3ccccc3)s2)C(C)(C)c2csc1n2.CC1(C)c2cn(-c3ccccc3)c(n2)C(C)(C)c2[n-]c(c3ccccc23)C(C)(C)c2cn(-c3ccccc3)c(n2)C(C)(C)c2[n-]c1c1ccccc21.CC1(C)c2cn(-c3ccccc3)c(n2)C(C)(C)c2cccc(c2O)C(C)(C)c2cn(-c3ccccc3)c(n2)C(C)(C)c2cccc1c2O.[Cu+2].[Pt+2].[Pt]. The van der Waals surface area contributed by atoms with E-state index in [1.165, 1.54) is 41.8 Å². The standard InChI is InChI=1S/C46H44N6.C42H44N4O2.C38H36N2S4.Cu.2Pt/c1-43(2)35-27-51(29-19-11-9-12-20-29)41(47-35)46(7,8)40-34-26-18-16-24-32(34)38(50-40)44(3,4)36-28-52(30-21-13-10-14-22-30)42(48-36)45(5,6)39-33-25-17-15-23-31(33)37(43)49-39;1-39(2)29-21-15-23-31(35(29)47)41(5,6)38-44-34(26-46(38)28-19-13-10-14-20-28)40(3,4)30-22-16-24-32(36(30)48)42(7,8)37-43-33(39)25-45(37)27-17-11-9-12-18-27;1-35(2)25-19-29(43-31(25)23-15-11-9-12-16-23)37(5,6)34-40-28(22-42-34)36(3,4)26-20-30(38(7,8)33-39-27(35)21-41-33)44-32(26)24-17-13-10-14-18-24;;;/h9-28H,1-8H3;9-26,47-48H,1-8H3;9-18,21-22H,1-8H3;;;/q-2;;-2;+2;;+2. The zero-order chi connectivity index (χ0) is 102. The average molecular weight is 2420 g/mol. The van der Waals surface area contributed by atoms with Crippen LogP contribution in [0.25, 0.3) is 65.2 Å². The number of para-hydroxylation sites is 6. The average Bonchev–Trinajstić information content (AvgIpc) is 1.54. The Morgan fingerprint density at radius 3 is 0.776 bits per heavy atom. The minimum atomic E-state index is -0.710. The van der Waals surface area contributed by atoms with E-state index in [0.717, 1.165) is 157 Å². The summed E-state index contributed by atoms with van der Waals surface area (Å²) in [6.07, 6.45) is 8.62. The molecule has 0 fully saturated rings. The molecule has 3 aliphatic heterocycles. The van der Waals surface area contributed by atoms with Gasteiger partial charge in [-0.05, 0) is 125 Å². The summed E-state index contributed by atoms with van der Waals surface area (Å²) in [6.45, 7) is 53.4. The van der Waals surface area contributed by atoms with Crippen LogP contribution in [0.2, 0.25) is 0 Å². The van der Waals surface area contributed by atoms with Crippen molar-refractivity contribution in [2.75, 3.05) is 0 Å². The molecule has 13 heterocycles. The van der Waals surface area contributed by atoms with E-state index in [0.29, 0.717) is 0 Å². The molecule has 24 bridgehead atoms. The smallest absolute Gasteiger partial charge is 0.662 e. The number of thiazole rings is 2. The van der Waals surface area contributed by atoms with Crippen molar-refractivity contribution in [3.63, 3.8) is 0 Å². The molecule has 1 radical (unpaired) electrons. The van der Waals surface area contributed by atoms with Crippen LogP contribution in [0.1, 0.15) is 300 Å². The van der Waals surface area contributed by atoms with E-state index in [9.17, 15) is 10.2 Å². The Kier molecular flexibility index (Phi) is 27.2. The molecule has 0 aliphatic carbocycles. The third-order valence-electron chi connectivity index (χ3n) is 31.4. The van der Waals surface area contributed by atoms with Crippen molar-refractivity contribution in [1.82, 2.24) is 58.1 Å². The molecule has 10 aromatic heterocycles. The van der Waals surface area contributed by atoms with Crippen LogP contribution in [0, 0.1) is 12.1 Å². The van der Waals surface area contributed by atoms with Crippen LogP contribution < -0.4 is 9.97 Å². The molecule has 2 N–H and O–H groups in total. The molecule has 0 unspecified atom stereocenters. The summed E-state index contributed by atoms with van der Waals surface area (Å²) in [5.41, 5.74) is 15.5. The number of hydrogen-bond acceptors (Lipinski definition) is 12.